The van der Waals surface area contributed by atoms with Crippen molar-refractivity contribution in [3.05, 3.63) is 42.5 Å². The van der Waals surface area contributed by atoms with Gasteiger partial charge in [0.1, 0.15) is 11.8 Å². The molecule has 3 heterocycles. The normalized spacial score (nSPS) is 17.4. The van der Waals surface area contributed by atoms with Crippen LogP contribution in [-0.2, 0) is 13.0 Å². The van der Waals surface area contributed by atoms with Crippen LogP contribution in [0.25, 0.3) is 11.2 Å². The van der Waals surface area contributed by atoms with Crippen molar-refractivity contribution in [2.45, 2.75) is 25.4 Å². The van der Waals surface area contributed by atoms with E-state index >= 15 is 0 Å². The number of imidazole rings is 1. The van der Waals surface area contributed by atoms with Gasteiger partial charge in [-0.15, -0.1) is 0 Å². The molecule has 4 rings (SSSR count). The Bertz CT molecular complexity index is 819. The molecule has 0 aliphatic carbocycles. The molecule has 7 heteroatoms. The van der Waals surface area contributed by atoms with Gasteiger partial charge in [-0.25, -0.2) is 15.0 Å². The van der Waals surface area contributed by atoms with Crippen molar-refractivity contribution in [3.8, 4) is 0 Å². The van der Waals surface area contributed by atoms with E-state index in [9.17, 15) is 0 Å². The molecule has 124 valence electrons. The molecule has 1 unspecified atom stereocenters. The highest BCUT2D eigenvalue weighted by Gasteiger charge is 2.17. The van der Waals surface area contributed by atoms with Crippen LogP contribution in [0.15, 0.2) is 36.9 Å². The van der Waals surface area contributed by atoms with Gasteiger partial charge in [0.05, 0.1) is 6.33 Å². The molecule has 24 heavy (non-hydrogen) atoms. The van der Waals surface area contributed by atoms with Gasteiger partial charge in [0.15, 0.2) is 11.5 Å². The largest absolute Gasteiger partial charge is 0.399 e. The van der Waals surface area contributed by atoms with Gasteiger partial charge >= 0.3 is 0 Å². The Balaban J connectivity index is 1.52. The molecule has 1 fully saturated rings. The minimum atomic E-state index is 0.406. The second-order valence-corrected chi connectivity index (χ2v) is 6.16. The number of anilines is 2. The Morgan fingerprint density at radius 1 is 1.21 bits per heavy atom. The van der Waals surface area contributed by atoms with Crippen LogP contribution in [0.5, 0.6) is 0 Å². The van der Waals surface area contributed by atoms with E-state index in [2.05, 4.69) is 42.3 Å². The molecule has 1 saturated heterocycles. The van der Waals surface area contributed by atoms with Crippen LogP contribution in [0.2, 0.25) is 0 Å². The Hall–Kier alpha value is -2.67. The summed E-state index contributed by atoms with van der Waals surface area (Å²) in [5, 5.41) is 6.82. The van der Waals surface area contributed by atoms with Crippen molar-refractivity contribution in [1.82, 2.24) is 24.8 Å². The Morgan fingerprint density at radius 2 is 2.08 bits per heavy atom. The maximum atomic E-state index is 5.73. The van der Waals surface area contributed by atoms with Crippen LogP contribution >= 0.6 is 0 Å². The molecule has 1 aliphatic heterocycles. The molecule has 1 aliphatic rings. The standard InChI is InChI=1S/C17H21N7/c18-13-3-1-12(2-4-13)6-8-24-11-22-15-16(20-10-21-17(15)24)23-14-5-7-19-9-14/h1-4,10-11,14,19H,5-9,18H2,(H,20,21,23). The first-order valence-electron chi connectivity index (χ1n) is 8.27. The van der Waals surface area contributed by atoms with Crippen molar-refractivity contribution in [3.63, 3.8) is 0 Å². The average molecular weight is 323 g/mol. The molecular formula is C17H21N7. The van der Waals surface area contributed by atoms with Gasteiger partial charge in [-0.1, -0.05) is 12.1 Å². The SMILES string of the molecule is Nc1ccc(CCn2cnc3c(NC4CCNC4)ncnc32)cc1. The molecule has 1 aromatic carbocycles. The fraction of sp³-hybridized carbons (Fsp3) is 0.353. The number of nitrogens with two attached hydrogens (primary N) is 1. The van der Waals surface area contributed by atoms with E-state index < -0.39 is 0 Å². The molecule has 4 N–H and O–H groups in total. The maximum absolute atomic E-state index is 5.73. The first kappa shape index (κ1) is 14.9. The third-order valence-electron chi connectivity index (χ3n) is 4.42. The third kappa shape index (κ3) is 3.03. The summed E-state index contributed by atoms with van der Waals surface area (Å²) in [6, 6.07) is 8.39. The summed E-state index contributed by atoms with van der Waals surface area (Å²) in [5.74, 6) is 0.819. The molecule has 0 spiro atoms. The first-order valence-corrected chi connectivity index (χ1v) is 8.27. The highest BCUT2D eigenvalue weighted by atomic mass is 15.2. The van der Waals surface area contributed by atoms with E-state index in [1.54, 1.807) is 6.33 Å². The zero-order chi connectivity index (χ0) is 16.4. The smallest absolute Gasteiger partial charge is 0.165 e. The molecule has 0 saturated carbocycles. The van der Waals surface area contributed by atoms with E-state index in [-0.39, 0.29) is 0 Å². The monoisotopic (exact) mass is 323 g/mol. The minimum absolute atomic E-state index is 0.406. The summed E-state index contributed by atoms with van der Waals surface area (Å²) in [7, 11) is 0. The number of hydrogen-bond donors (Lipinski definition) is 3. The van der Waals surface area contributed by atoms with Gasteiger partial charge in [-0.3, -0.25) is 0 Å². The van der Waals surface area contributed by atoms with Crippen molar-refractivity contribution < 1.29 is 0 Å². The van der Waals surface area contributed by atoms with Crippen molar-refractivity contribution in [1.29, 1.82) is 0 Å². The second kappa shape index (κ2) is 6.45. The van der Waals surface area contributed by atoms with Crippen molar-refractivity contribution in [2.75, 3.05) is 24.1 Å². The first-order chi connectivity index (χ1) is 11.8. The van der Waals surface area contributed by atoms with E-state index in [1.165, 1.54) is 5.56 Å². The predicted molar refractivity (Wildman–Crippen MR) is 94.8 cm³/mol. The fourth-order valence-electron chi connectivity index (χ4n) is 3.05. The lowest BCUT2D eigenvalue weighted by Crippen LogP contribution is -2.22. The van der Waals surface area contributed by atoms with Crippen LogP contribution in [-0.4, -0.2) is 38.7 Å². The molecule has 1 atom stereocenters. The predicted octanol–water partition coefficient (Wildman–Crippen LogP) is 1.42. The Morgan fingerprint density at radius 3 is 2.88 bits per heavy atom. The van der Waals surface area contributed by atoms with Gasteiger partial charge in [-0.2, -0.15) is 0 Å². The highest BCUT2D eigenvalue weighted by Crippen LogP contribution is 2.19. The van der Waals surface area contributed by atoms with Crippen molar-refractivity contribution in [2.24, 2.45) is 0 Å². The van der Waals surface area contributed by atoms with Gasteiger partial charge < -0.3 is 20.9 Å². The number of benzene rings is 1. The Kier molecular flexibility index (Phi) is 4.00. The quantitative estimate of drug-likeness (QED) is 0.615. The highest BCUT2D eigenvalue weighted by molar-refractivity contribution is 5.82. The summed E-state index contributed by atoms with van der Waals surface area (Å²) >= 11 is 0. The van der Waals surface area contributed by atoms with Gasteiger partial charge in [0.25, 0.3) is 0 Å². The van der Waals surface area contributed by atoms with Crippen LogP contribution in [0, 0.1) is 0 Å². The lowest BCUT2D eigenvalue weighted by Gasteiger charge is -2.12. The molecule has 3 aromatic rings. The van der Waals surface area contributed by atoms with Crippen LogP contribution in [0.3, 0.4) is 0 Å². The average Bonchev–Trinajstić information content (AvgIpc) is 3.25. The zero-order valence-electron chi connectivity index (χ0n) is 13.4. The van der Waals surface area contributed by atoms with E-state index in [0.717, 1.165) is 55.1 Å². The molecule has 0 radical (unpaired) electrons. The number of hydrogen-bond acceptors (Lipinski definition) is 6. The topological polar surface area (TPSA) is 93.7 Å². The molecule has 2 aromatic heterocycles. The van der Waals surface area contributed by atoms with Crippen LogP contribution in [0.1, 0.15) is 12.0 Å². The lowest BCUT2D eigenvalue weighted by atomic mass is 10.1. The number of rotatable bonds is 5. The number of aromatic nitrogens is 4. The third-order valence-corrected chi connectivity index (χ3v) is 4.42. The number of nitrogens with zero attached hydrogens (tertiary/aromatic N) is 4. The summed E-state index contributed by atoms with van der Waals surface area (Å²) < 4.78 is 2.07. The zero-order valence-corrected chi connectivity index (χ0v) is 13.4. The van der Waals surface area contributed by atoms with Gasteiger partial charge in [0, 0.05) is 24.8 Å². The number of fused-ring (bicyclic) bond motifs is 1. The summed E-state index contributed by atoms with van der Waals surface area (Å²) in [4.78, 5) is 13.3. The van der Waals surface area contributed by atoms with E-state index in [1.807, 2.05) is 18.5 Å². The van der Waals surface area contributed by atoms with Crippen molar-refractivity contribution >= 4 is 22.7 Å². The summed E-state index contributed by atoms with van der Waals surface area (Å²) in [6.07, 6.45) is 5.46. The van der Waals surface area contributed by atoms with E-state index in [0.29, 0.717) is 6.04 Å². The summed E-state index contributed by atoms with van der Waals surface area (Å²) in [5.41, 5.74) is 9.47. The molecule has 0 bridgehead atoms. The number of nitrogen functional groups attached to an aromatic ring is 1. The molecular weight excluding hydrogens is 302 g/mol. The van der Waals surface area contributed by atoms with Crippen LogP contribution in [0.4, 0.5) is 11.5 Å². The van der Waals surface area contributed by atoms with E-state index in [4.69, 9.17) is 5.73 Å². The maximum Gasteiger partial charge on any atom is 0.165 e. The Labute approximate surface area is 140 Å². The number of nitrogens with one attached hydrogen (secondary N) is 2. The minimum Gasteiger partial charge on any atom is -0.399 e. The molecule has 0 amide bonds. The van der Waals surface area contributed by atoms with Gasteiger partial charge in [-0.05, 0) is 37.1 Å². The summed E-state index contributed by atoms with van der Waals surface area (Å²) in [6.45, 7) is 2.83. The number of aryl methyl sites for hydroxylation is 2. The van der Waals surface area contributed by atoms with Gasteiger partial charge in [0.2, 0.25) is 0 Å². The van der Waals surface area contributed by atoms with Crippen LogP contribution < -0.4 is 16.4 Å². The fourth-order valence-corrected chi connectivity index (χ4v) is 3.05. The lowest BCUT2D eigenvalue weighted by molar-refractivity contribution is 0.709. The second-order valence-electron chi connectivity index (χ2n) is 6.16. The molecule has 7 nitrogen and oxygen atoms in total.